The van der Waals surface area contributed by atoms with E-state index in [0.717, 1.165) is 0 Å². The molecule has 1 aromatic heterocycles. The Morgan fingerprint density at radius 1 is 1.33 bits per heavy atom. The first-order valence-corrected chi connectivity index (χ1v) is 3.84. The van der Waals surface area contributed by atoms with Crippen molar-refractivity contribution >= 4 is 5.97 Å². The number of pyridine rings is 1. The standard InChI is InChI=1S/C9H12NO2/c1-12-9(11)5-8-10-6-3-2-4-7-10/h2-4,6-7H,5,8H2,1H3/q+1. The van der Waals surface area contributed by atoms with Gasteiger partial charge in [0.05, 0.1) is 7.11 Å². The number of methoxy groups -OCH3 is 1. The molecular formula is C9H12NO2+. The Labute approximate surface area is 71.6 Å². The maximum absolute atomic E-state index is 10.7. The first-order chi connectivity index (χ1) is 5.83. The fraction of sp³-hybridized carbons (Fsp3) is 0.333. The van der Waals surface area contributed by atoms with E-state index in [-0.39, 0.29) is 5.97 Å². The predicted octanol–water partition coefficient (Wildman–Crippen LogP) is 0.537. The van der Waals surface area contributed by atoms with Gasteiger partial charge in [-0.1, -0.05) is 6.07 Å². The van der Waals surface area contributed by atoms with E-state index in [1.807, 2.05) is 35.2 Å². The summed E-state index contributed by atoms with van der Waals surface area (Å²) in [6, 6.07) is 5.79. The second-order valence-electron chi connectivity index (χ2n) is 2.44. The quantitative estimate of drug-likeness (QED) is 0.484. The minimum Gasteiger partial charge on any atom is -0.469 e. The highest BCUT2D eigenvalue weighted by Crippen LogP contribution is 1.84. The van der Waals surface area contributed by atoms with Gasteiger partial charge in [-0.2, -0.15) is 0 Å². The van der Waals surface area contributed by atoms with Crippen molar-refractivity contribution in [3.63, 3.8) is 0 Å². The van der Waals surface area contributed by atoms with Crippen LogP contribution in [0.3, 0.4) is 0 Å². The van der Waals surface area contributed by atoms with Gasteiger partial charge in [0.1, 0.15) is 6.42 Å². The highest BCUT2D eigenvalue weighted by molar-refractivity contribution is 5.68. The Morgan fingerprint density at radius 2 is 2.00 bits per heavy atom. The summed E-state index contributed by atoms with van der Waals surface area (Å²) in [6.45, 7) is 0.674. The van der Waals surface area contributed by atoms with Gasteiger partial charge in [-0.05, 0) is 0 Å². The van der Waals surface area contributed by atoms with Gasteiger partial charge in [0, 0.05) is 12.1 Å². The van der Waals surface area contributed by atoms with Gasteiger partial charge in [0.15, 0.2) is 18.9 Å². The van der Waals surface area contributed by atoms with E-state index in [0.29, 0.717) is 13.0 Å². The Hall–Kier alpha value is -1.38. The number of hydrogen-bond donors (Lipinski definition) is 0. The first-order valence-electron chi connectivity index (χ1n) is 3.84. The lowest BCUT2D eigenvalue weighted by molar-refractivity contribution is -0.696. The van der Waals surface area contributed by atoms with E-state index in [9.17, 15) is 4.79 Å². The Bertz CT molecular complexity index is 246. The zero-order chi connectivity index (χ0) is 8.81. The summed E-state index contributed by atoms with van der Waals surface area (Å²) in [6.07, 6.45) is 4.26. The van der Waals surface area contributed by atoms with E-state index in [4.69, 9.17) is 0 Å². The molecule has 0 N–H and O–H groups in total. The summed E-state index contributed by atoms with van der Waals surface area (Å²) in [7, 11) is 1.40. The molecule has 1 aromatic rings. The molecule has 1 heterocycles. The van der Waals surface area contributed by atoms with E-state index >= 15 is 0 Å². The SMILES string of the molecule is COC(=O)CC[n+]1ccccc1. The number of aryl methyl sites for hydroxylation is 1. The third-order valence-corrected chi connectivity index (χ3v) is 1.58. The lowest BCUT2D eigenvalue weighted by Crippen LogP contribution is -2.33. The molecule has 0 atom stereocenters. The summed E-state index contributed by atoms with van der Waals surface area (Å²) in [5.74, 6) is -0.175. The number of carbonyl (C=O) groups is 1. The van der Waals surface area contributed by atoms with Crippen molar-refractivity contribution < 1.29 is 14.1 Å². The molecule has 0 aromatic carbocycles. The summed E-state index contributed by atoms with van der Waals surface area (Å²) >= 11 is 0. The molecule has 0 amide bonds. The highest BCUT2D eigenvalue weighted by Gasteiger charge is 2.04. The number of hydrogen-bond acceptors (Lipinski definition) is 2. The van der Waals surface area contributed by atoms with Crippen LogP contribution < -0.4 is 4.57 Å². The van der Waals surface area contributed by atoms with Crippen molar-refractivity contribution in [2.45, 2.75) is 13.0 Å². The number of nitrogens with zero attached hydrogens (tertiary/aromatic N) is 1. The molecule has 0 fully saturated rings. The molecule has 0 saturated carbocycles. The second-order valence-corrected chi connectivity index (χ2v) is 2.44. The summed E-state index contributed by atoms with van der Waals surface area (Å²) in [5, 5.41) is 0. The molecular weight excluding hydrogens is 154 g/mol. The van der Waals surface area contributed by atoms with Crippen molar-refractivity contribution in [2.24, 2.45) is 0 Å². The average molecular weight is 166 g/mol. The molecule has 64 valence electrons. The molecule has 0 bridgehead atoms. The van der Waals surface area contributed by atoms with E-state index < -0.39 is 0 Å². The number of rotatable bonds is 3. The molecule has 3 nitrogen and oxygen atoms in total. The van der Waals surface area contributed by atoms with E-state index in [1.165, 1.54) is 7.11 Å². The fourth-order valence-electron chi connectivity index (χ4n) is 0.906. The molecule has 0 aliphatic carbocycles. The minimum atomic E-state index is -0.175. The molecule has 0 spiro atoms. The van der Waals surface area contributed by atoms with Gasteiger partial charge >= 0.3 is 5.97 Å². The van der Waals surface area contributed by atoms with E-state index in [1.54, 1.807) is 0 Å². The zero-order valence-corrected chi connectivity index (χ0v) is 7.06. The molecule has 12 heavy (non-hydrogen) atoms. The molecule has 1 rings (SSSR count). The van der Waals surface area contributed by atoms with Gasteiger partial charge in [-0.25, -0.2) is 4.57 Å². The normalized spacial score (nSPS) is 9.42. The van der Waals surface area contributed by atoms with Gasteiger partial charge in [0.25, 0.3) is 0 Å². The van der Waals surface area contributed by atoms with Gasteiger partial charge < -0.3 is 4.74 Å². The predicted molar refractivity (Wildman–Crippen MR) is 43.3 cm³/mol. The third kappa shape index (κ3) is 2.70. The number of esters is 1. The van der Waals surface area contributed by atoms with Crippen LogP contribution in [0.1, 0.15) is 6.42 Å². The van der Waals surface area contributed by atoms with Crippen molar-refractivity contribution in [3.8, 4) is 0 Å². The Kier molecular flexibility index (Phi) is 3.26. The number of carbonyl (C=O) groups excluding carboxylic acids is 1. The van der Waals surface area contributed by atoms with Crippen molar-refractivity contribution in [1.82, 2.24) is 0 Å². The summed E-state index contributed by atoms with van der Waals surface area (Å²) < 4.78 is 6.46. The topological polar surface area (TPSA) is 30.2 Å². The number of ether oxygens (including phenoxy) is 1. The van der Waals surface area contributed by atoms with Crippen molar-refractivity contribution in [3.05, 3.63) is 30.6 Å². The van der Waals surface area contributed by atoms with Crippen molar-refractivity contribution in [1.29, 1.82) is 0 Å². The highest BCUT2D eigenvalue weighted by atomic mass is 16.5. The second kappa shape index (κ2) is 4.49. The van der Waals surface area contributed by atoms with Crippen LogP contribution in [0.5, 0.6) is 0 Å². The molecule has 0 saturated heterocycles. The van der Waals surface area contributed by atoms with Crippen LogP contribution in [0.2, 0.25) is 0 Å². The van der Waals surface area contributed by atoms with Crippen LogP contribution in [0.15, 0.2) is 30.6 Å². The lowest BCUT2D eigenvalue weighted by atomic mass is 10.4. The first kappa shape index (κ1) is 8.71. The fourth-order valence-corrected chi connectivity index (χ4v) is 0.906. The van der Waals surface area contributed by atoms with Crippen LogP contribution in [-0.2, 0) is 16.1 Å². The average Bonchev–Trinajstić information content (AvgIpc) is 2.16. The van der Waals surface area contributed by atoms with Crippen LogP contribution in [-0.4, -0.2) is 13.1 Å². The van der Waals surface area contributed by atoms with Crippen LogP contribution in [0.4, 0.5) is 0 Å². The van der Waals surface area contributed by atoms with Crippen LogP contribution >= 0.6 is 0 Å². The number of aromatic nitrogens is 1. The molecule has 0 radical (unpaired) electrons. The van der Waals surface area contributed by atoms with Gasteiger partial charge in [0.2, 0.25) is 0 Å². The summed E-state index contributed by atoms with van der Waals surface area (Å²) in [5.41, 5.74) is 0. The smallest absolute Gasteiger partial charge is 0.311 e. The van der Waals surface area contributed by atoms with Gasteiger partial charge in [-0.3, -0.25) is 4.79 Å². The molecule has 0 aliphatic heterocycles. The van der Waals surface area contributed by atoms with Crippen LogP contribution in [0, 0.1) is 0 Å². The van der Waals surface area contributed by atoms with Gasteiger partial charge in [-0.15, -0.1) is 0 Å². The largest absolute Gasteiger partial charge is 0.469 e. The van der Waals surface area contributed by atoms with Crippen molar-refractivity contribution in [2.75, 3.05) is 7.11 Å². The zero-order valence-electron chi connectivity index (χ0n) is 7.06. The minimum absolute atomic E-state index is 0.175. The monoisotopic (exact) mass is 166 g/mol. The maximum atomic E-state index is 10.7. The third-order valence-electron chi connectivity index (χ3n) is 1.58. The Morgan fingerprint density at radius 3 is 2.58 bits per heavy atom. The lowest BCUT2D eigenvalue weighted by Gasteiger charge is -1.95. The molecule has 0 aliphatic rings. The molecule has 0 unspecified atom stereocenters. The maximum Gasteiger partial charge on any atom is 0.311 e. The van der Waals surface area contributed by atoms with Crippen LogP contribution in [0.25, 0.3) is 0 Å². The Balaban J connectivity index is 2.38. The molecule has 3 heteroatoms. The van der Waals surface area contributed by atoms with E-state index in [2.05, 4.69) is 4.74 Å². The summed E-state index contributed by atoms with van der Waals surface area (Å²) in [4.78, 5) is 10.7.